The van der Waals surface area contributed by atoms with Crippen LogP contribution in [0.15, 0.2) is 30.3 Å². The smallest absolute Gasteiger partial charge is 0.321 e. The van der Waals surface area contributed by atoms with Gasteiger partial charge in [0.25, 0.3) is 0 Å². The number of para-hydroxylation sites is 1. The van der Waals surface area contributed by atoms with Crippen LogP contribution in [0, 0.1) is 17.4 Å². The van der Waals surface area contributed by atoms with E-state index in [0.29, 0.717) is 6.54 Å². The van der Waals surface area contributed by atoms with Crippen LogP contribution in [-0.2, 0) is 14.3 Å². The van der Waals surface area contributed by atoms with Gasteiger partial charge in [-0.05, 0) is 12.1 Å². The molecule has 1 aliphatic heterocycles. The topological polar surface area (TPSA) is 46.6 Å². The highest BCUT2D eigenvalue weighted by Crippen LogP contribution is 2.26. The second-order valence-electron chi connectivity index (χ2n) is 6.00. The van der Waals surface area contributed by atoms with Crippen molar-refractivity contribution in [1.29, 1.82) is 0 Å². The Morgan fingerprint density at radius 2 is 2.00 bits per heavy atom. The van der Waals surface area contributed by atoms with Crippen LogP contribution in [0.3, 0.4) is 0 Å². The molecule has 2 rings (SSSR count). The third kappa shape index (κ3) is 3.96. The standard InChI is InChI=1S/C16H19NO3Si/c1-21(2,3)11-7-10-20-16(19)14-12-17(15(14)18)13-8-5-4-6-9-13/h4-6,8-9,14H,10,12H2,1-3H3. The number of carbonyl (C=O) groups is 2. The highest BCUT2D eigenvalue weighted by Gasteiger charge is 2.43. The third-order valence-corrected chi connectivity index (χ3v) is 3.96. The van der Waals surface area contributed by atoms with Gasteiger partial charge in [0, 0.05) is 12.2 Å². The van der Waals surface area contributed by atoms with E-state index >= 15 is 0 Å². The first-order valence-electron chi connectivity index (χ1n) is 6.91. The number of benzene rings is 1. The number of hydrogen-bond acceptors (Lipinski definition) is 3. The minimum absolute atomic E-state index is 0.0677. The average Bonchev–Trinajstić information content (AvgIpc) is 2.42. The summed E-state index contributed by atoms with van der Waals surface area (Å²) in [6.07, 6.45) is 0. The summed E-state index contributed by atoms with van der Waals surface area (Å²) in [6, 6.07) is 9.30. The van der Waals surface area contributed by atoms with Crippen LogP contribution in [-0.4, -0.2) is 33.1 Å². The van der Waals surface area contributed by atoms with E-state index < -0.39 is 20.0 Å². The fourth-order valence-electron chi connectivity index (χ4n) is 1.95. The Morgan fingerprint density at radius 3 is 2.57 bits per heavy atom. The zero-order valence-corrected chi connectivity index (χ0v) is 13.6. The lowest BCUT2D eigenvalue weighted by Gasteiger charge is -2.36. The summed E-state index contributed by atoms with van der Waals surface area (Å²) < 4.78 is 5.06. The van der Waals surface area contributed by atoms with Crippen molar-refractivity contribution in [3.05, 3.63) is 30.3 Å². The SMILES string of the molecule is C[Si](C)(C)C#CCOC(=O)C1CN(c2ccccc2)C1=O. The summed E-state index contributed by atoms with van der Waals surface area (Å²) in [4.78, 5) is 25.4. The van der Waals surface area contributed by atoms with Crippen LogP contribution in [0.5, 0.6) is 0 Å². The number of rotatable bonds is 3. The van der Waals surface area contributed by atoms with Gasteiger partial charge in [-0.3, -0.25) is 9.59 Å². The maximum atomic E-state index is 12.0. The Balaban J connectivity index is 1.84. The van der Waals surface area contributed by atoms with Gasteiger partial charge in [-0.1, -0.05) is 43.8 Å². The molecule has 0 spiro atoms. The first-order chi connectivity index (χ1) is 9.88. The van der Waals surface area contributed by atoms with Gasteiger partial charge >= 0.3 is 5.97 Å². The van der Waals surface area contributed by atoms with Crippen molar-refractivity contribution in [2.24, 2.45) is 5.92 Å². The van der Waals surface area contributed by atoms with Crippen LogP contribution >= 0.6 is 0 Å². The molecule has 1 aromatic carbocycles. The third-order valence-electron chi connectivity index (χ3n) is 3.03. The summed E-state index contributed by atoms with van der Waals surface area (Å²) >= 11 is 0. The number of anilines is 1. The molecule has 1 unspecified atom stereocenters. The van der Waals surface area contributed by atoms with Gasteiger partial charge < -0.3 is 9.64 Å². The molecule has 0 N–H and O–H groups in total. The average molecular weight is 301 g/mol. The molecule has 0 bridgehead atoms. The van der Waals surface area contributed by atoms with Crippen LogP contribution in [0.2, 0.25) is 19.6 Å². The fourth-order valence-corrected chi connectivity index (χ4v) is 2.55. The number of nitrogens with zero attached hydrogens (tertiary/aromatic N) is 1. The molecule has 1 aliphatic rings. The van der Waals surface area contributed by atoms with E-state index in [1.54, 1.807) is 4.90 Å². The fraction of sp³-hybridized carbons (Fsp3) is 0.375. The van der Waals surface area contributed by atoms with Gasteiger partial charge in [-0.25, -0.2) is 0 Å². The number of amides is 1. The Kier molecular flexibility index (Phi) is 4.49. The molecular formula is C16H19NO3Si. The van der Waals surface area contributed by atoms with Crippen molar-refractivity contribution in [1.82, 2.24) is 0 Å². The highest BCUT2D eigenvalue weighted by molar-refractivity contribution is 6.83. The number of β-lactam (4-membered cyclic amide) rings is 1. The Hall–Kier alpha value is -2.06. The van der Waals surface area contributed by atoms with Gasteiger partial charge in [0.2, 0.25) is 5.91 Å². The molecular weight excluding hydrogens is 282 g/mol. The van der Waals surface area contributed by atoms with E-state index in [0.717, 1.165) is 5.69 Å². The molecule has 0 radical (unpaired) electrons. The molecule has 1 fully saturated rings. The highest BCUT2D eigenvalue weighted by atomic mass is 28.3. The second kappa shape index (κ2) is 6.14. The molecule has 21 heavy (non-hydrogen) atoms. The lowest BCUT2D eigenvalue weighted by atomic mass is 9.98. The van der Waals surface area contributed by atoms with Crippen LogP contribution in [0.1, 0.15) is 0 Å². The minimum Gasteiger partial charge on any atom is -0.452 e. The molecule has 1 atom stereocenters. The molecule has 0 aliphatic carbocycles. The van der Waals surface area contributed by atoms with Gasteiger partial charge in [-0.2, -0.15) is 0 Å². The van der Waals surface area contributed by atoms with Gasteiger partial charge in [-0.15, -0.1) is 5.54 Å². The maximum absolute atomic E-state index is 12.0. The van der Waals surface area contributed by atoms with E-state index in [9.17, 15) is 9.59 Å². The summed E-state index contributed by atoms with van der Waals surface area (Å²) in [5, 5.41) is 0. The minimum atomic E-state index is -1.45. The quantitative estimate of drug-likeness (QED) is 0.282. The van der Waals surface area contributed by atoms with Crippen molar-refractivity contribution >= 4 is 25.6 Å². The van der Waals surface area contributed by atoms with Crippen LogP contribution in [0.4, 0.5) is 5.69 Å². The van der Waals surface area contributed by atoms with Crippen LogP contribution < -0.4 is 4.90 Å². The summed E-state index contributed by atoms with van der Waals surface area (Å²) in [5.74, 6) is 1.50. The van der Waals surface area contributed by atoms with Crippen LogP contribution in [0.25, 0.3) is 0 Å². The van der Waals surface area contributed by atoms with E-state index in [2.05, 4.69) is 31.1 Å². The largest absolute Gasteiger partial charge is 0.452 e. The maximum Gasteiger partial charge on any atom is 0.321 e. The normalized spacial score (nSPS) is 17.6. The van der Waals surface area contributed by atoms with E-state index in [1.165, 1.54) is 0 Å². The second-order valence-corrected chi connectivity index (χ2v) is 10.7. The first kappa shape index (κ1) is 15.3. The zero-order valence-electron chi connectivity index (χ0n) is 12.6. The number of hydrogen-bond donors (Lipinski definition) is 0. The predicted octanol–water partition coefficient (Wildman–Crippen LogP) is 2.07. The molecule has 0 aromatic heterocycles. The van der Waals surface area contributed by atoms with Crippen molar-refractivity contribution in [2.45, 2.75) is 19.6 Å². The summed E-state index contributed by atoms with van der Waals surface area (Å²) in [6.45, 7) is 6.81. The number of carbonyl (C=O) groups excluding carboxylic acids is 2. The number of esters is 1. The van der Waals surface area contributed by atoms with Gasteiger partial charge in [0.1, 0.15) is 8.07 Å². The van der Waals surface area contributed by atoms with E-state index in [-0.39, 0.29) is 12.5 Å². The van der Waals surface area contributed by atoms with Crippen molar-refractivity contribution in [3.63, 3.8) is 0 Å². The summed E-state index contributed by atoms with van der Waals surface area (Å²) in [5.41, 5.74) is 3.92. The Bertz CT molecular complexity index is 595. The molecule has 1 aromatic rings. The number of ether oxygens (including phenoxy) is 1. The molecule has 1 heterocycles. The lowest BCUT2D eigenvalue weighted by molar-refractivity contribution is -0.153. The molecule has 4 nitrogen and oxygen atoms in total. The first-order valence-corrected chi connectivity index (χ1v) is 10.4. The monoisotopic (exact) mass is 301 g/mol. The predicted molar refractivity (Wildman–Crippen MR) is 84.4 cm³/mol. The molecule has 1 saturated heterocycles. The molecule has 1 amide bonds. The van der Waals surface area contributed by atoms with Gasteiger partial charge in [0.05, 0.1) is 0 Å². The van der Waals surface area contributed by atoms with Gasteiger partial charge in [0.15, 0.2) is 12.5 Å². The molecule has 0 saturated carbocycles. The summed E-state index contributed by atoms with van der Waals surface area (Å²) in [7, 11) is -1.45. The lowest BCUT2D eigenvalue weighted by Crippen LogP contribution is -2.56. The zero-order chi connectivity index (χ0) is 15.5. The van der Waals surface area contributed by atoms with E-state index in [4.69, 9.17) is 4.74 Å². The van der Waals surface area contributed by atoms with Crippen molar-refractivity contribution < 1.29 is 14.3 Å². The van der Waals surface area contributed by atoms with Crippen molar-refractivity contribution in [3.8, 4) is 11.5 Å². The molecule has 5 heteroatoms. The molecule has 110 valence electrons. The Morgan fingerprint density at radius 1 is 1.33 bits per heavy atom. The van der Waals surface area contributed by atoms with E-state index in [1.807, 2.05) is 30.3 Å². The Labute approximate surface area is 126 Å². The van der Waals surface area contributed by atoms with Crippen molar-refractivity contribution in [2.75, 3.05) is 18.1 Å².